The number of aliphatic imine (C=N–C) groups is 1. The molecular formula is C17H19N5O4S. The summed E-state index contributed by atoms with van der Waals surface area (Å²) in [6, 6.07) is 9.35. The van der Waals surface area contributed by atoms with E-state index in [1.165, 1.54) is 17.7 Å². The average molecular weight is 389 g/mol. The van der Waals surface area contributed by atoms with Gasteiger partial charge >= 0.3 is 5.97 Å². The molecule has 0 saturated carbocycles. The minimum absolute atomic E-state index is 0.241. The molecule has 10 heteroatoms. The number of nitrogens with zero attached hydrogens (tertiary/aromatic N) is 1. The zero-order valence-corrected chi connectivity index (χ0v) is 15.0. The van der Waals surface area contributed by atoms with Crippen LogP contribution in [0.2, 0.25) is 0 Å². The summed E-state index contributed by atoms with van der Waals surface area (Å²) < 4.78 is 0. The minimum atomic E-state index is -1.03. The van der Waals surface area contributed by atoms with Crippen molar-refractivity contribution in [3.05, 3.63) is 52.2 Å². The van der Waals surface area contributed by atoms with Crippen molar-refractivity contribution in [3.63, 3.8) is 0 Å². The molecule has 1 aromatic carbocycles. The summed E-state index contributed by atoms with van der Waals surface area (Å²) >= 11 is 1.35. The highest BCUT2D eigenvalue weighted by Gasteiger charge is 2.19. The van der Waals surface area contributed by atoms with Crippen LogP contribution in [0.15, 0.2) is 46.8 Å². The number of carboxylic acid groups (broad SMARTS) is 1. The van der Waals surface area contributed by atoms with Gasteiger partial charge in [-0.1, -0.05) is 12.1 Å². The van der Waals surface area contributed by atoms with E-state index >= 15 is 0 Å². The number of hydrogen-bond donors (Lipinski definition) is 5. The number of hydrazine groups is 1. The summed E-state index contributed by atoms with van der Waals surface area (Å²) in [6.45, 7) is -0.280. The maximum Gasteiger partial charge on any atom is 0.305 e. The molecule has 1 unspecified atom stereocenters. The third-order valence-corrected chi connectivity index (χ3v) is 4.39. The Bertz CT molecular complexity index is 822. The molecule has 0 bridgehead atoms. The van der Waals surface area contributed by atoms with Gasteiger partial charge in [0, 0.05) is 10.4 Å². The van der Waals surface area contributed by atoms with Crippen LogP contribution in [0.1, 0.15) is 27.7 Å². The number of nitrogens with two attached hydrogens (primary N) is 1. The van der Waals surface area contributed by atoms with Crippen LogP contribution in [-0.2, 0) is 9.59 Å². The molecule has 0 aliphatic carbocycles. The fraction of sp³-hybridized carbons (Fsp3) is 0.176. The number of nitrogens with one attached hydrogen (secondary N) is 3. The number of rotatable bonds is 9. The van der Waals surface area contributed by atoms with Crippen molar-refractivity contribution < 1.29 is 19.5 Å². The second kappa shape index (κ2) is 10.0. The average Bonchev–Trinajstić information content (AvgIpc) is 3.18. The van der Waals surface area contributed by atoms with Crippen molar-refractivity contribution >= 4 is 41.1 Å². The number of amides is 2. The molecule has 6 N–H and O–H groups in total. The monoisotopic (exact) mass is 389 g/mol. The van der Waals surface area contributed by atoms with E-state index in [0.29, 0.717) is 11.3 Å². The van der Waals surface area contributed by atoms with Crippen molar-refractivity contribution in [3.8, 4) is 0 Å². The Labute approximate surface area is 159 Å². The first-order chi connectivity index (χ1) is 13.0. The van der Waals surface area contributed by atoms with E-state index in [4.69, 9.17) is 10.9 Å². The van der Waals surface area contributed by atoms with E-state index in [0.717, 1.165) is 4.88 Å². The van der Waals surface area contributed by atoms with Gasteiger partial charge in [0.25, 0.3) is 5.91 Å². The molecule has 0 fully saturated rings. The normalized spacial score (nSPS) is 11.7. The Hall–Kier alpha value is -3.24. The van der Waals surface area contributed by atoms with E-state index in [1.54, 1.807) is 41.8 Å². The van der Waals surface area contributed by atoms with Gasteiger partial charge in [0.1, 0.15) is 6.34 Å². The molecule has 9 nitrogen and oxygen atoms in total. The second-order valence-corrected chi connectivity index (χ2v) is 6.37. The number of aliphatic carboxylic acids is 1. The molecule has 1 atom stereocenters. The van der Waals surface area contributed by atoms with Crippen molar-refractivity contribution in [1.82, 2.24) is 16.1 Å². The largest absolute Gasteiger partial charge is 0.481 e. The fourth-order valence-corrected chi connectivity index (χ4v) is 3.01. The predicted molar refractivity (Wildman–Crippen MR) is 102 cm³/mol. The molecule has 142 valence electrons. The standard InChI is InChI=1S/C17H19N5O4S/c18-21-10-20-12-4-1-3-11(7-12)17(26)19-9-15(23)22-13(8-16(24)25)14-5-2-6-27-14/h1-7,10,13H,8-9,18H2,(H,19,26)(H,20,21)(H,22,23)(H,24,25). The van der Waals surface area contributed by atoms with E-state index in [9.17, 15) is 14.4 Å². The van der Waals surface area contributed by atoms with Gasteiger partial charge in [-0.2, -0.15) is 0 Å². The summed E-state index contributed by atoms with van der Waals surface area (Å²) in [7, 11) is 0. The lowest BCUT2D eigenvalue weighted by molar-refractivity contribution is -0.137. The van der Waals surface area contributed by atoms with Gasteiger partial charge in [-0.05, 0) is 29.6 Å². The van der Waals surface area contributed by atoms with Crippen LogP contribution in [0, 0.1) is 0 Å². The Morgan fingerprint density at radius 1 is 1.26 bits per heavy atom. The Kier molecular flexibility index (Phi) is 7.47. The summed E-state index contributed by atoms with van der Waals surface area (Å²) in [4.78, 5) is 40.0. The summed E-state index contributed by atoms with van der Waals surface area (Å²) in [6.07, 6.45) is 1.03. The van der Waals surface area contributed by atoms with Crippen molar-refractivity contribution in [2.24, 2.45) is 10.8 Å². The number of thiophene rings is 1. The molecule has 2 amide bonds. The zero-order valence-electron chi connectivity index (χ0n) is 14.2. The van der Waals surface area contributed by atoms with Gasteiger partial charge in [0.15, 0.2) is 0 Å². The van der Waals surface area contributed by atoms with Gasteiger partial charge in [0.2, 0.25) is 5.91 Å². The Morgan fingerprint density at radius 3 is 2.74 bits per heavy atom. The first-order valence-corrected chi connectivity index (χ1v) is 8.79. The van der Waals surface area contributed by atoms with Crippen LogP contribution < -0.4 is 21.9 Å². The molecule has 0 spiro atoms. The fourth-order valence-electron chi connectivity index (χ4n) is 2.23. The maximum atomic E-state index is 12.2. The van der Waals surface area contributed by atoms with Crippen molar-refractivity contribution in [2.75, 3.05) is 6.54 Å². The van der Waals surface area contributed by atoms with E-state index in [1.807, 2.05) is 0 Å². The van der Waals surface area contributed by atoms with Crippen LogP contribution in [0.3, 0.4) is 0 Å². The molecule has 0 radical (unpaired) electrons. The first-order valence-electron chi connectivity index (χ1n) is 7.91. The molecule has 27 heavy (non-hydrogen) atoms. The predicted octanol–water partition coefficient (Wildman–Crippen LogP) is 0.933. The molecule has 1 aromatic heterocycles. The highest BCUT2D eigenvalue weighted by Crippen LogP contribution is 2.21. The topological polar surface area (TPSA) is 146 Å². The Balaban J connectivity index is 1.93. The molecule has 0 saturated heterocycles. The van der Waals surface area contributed by atoms with E-state index in [2.05, 4.69) is 21.1 Å². The highest BCUT2D eigenvalue weighted by atomic mass is 32.1. The molecule has 2 rings (SSSR count). The first kappa shape index (κ1) is 20.1. The number of carboxylic acids is 1. The lowest BCUT2D eigenvalue weighted by Crippen LogP contribution is -2.39. The number of benzene rings is 1. The molecule has 1 heterocycles. The third kappa shape index (κ3) is 6.53. The summed E-state index contributed by atoms with van der Waals surface area (Å²) in [5.41, 5.74) is 3.11. The SMILES string of the molecule is NNC=Nc1cccc(C(=O)NCC(=O)NC(CC(=O)O)c2cccs2)c1. The van der Waals surface area contributed by atoms with Crippen molar-refractivity contribution in [2.45, 2.75) is 12.5 Å². The van der Waals surface area contributed by atoms with Crippen LogP contribution >= 0.6 is 11.3 Å². The van der Waals surface area contributed by atoms with Crippen LogP contribution in [0.25, 0.3) is 0 Å². The second-order valence-electron chi connectivity index (χ2n) is 5.39. The zero-order chi connectivity index (χ0) is 19.6. The highest BCUT2D eigenvalue weighted by molar-refractivity contribution is 7.10. The van der Waals surface area contributed by atoms with Gasteiger partial charge in [-0.3, -0.25) is 14.4 Å². The Morgan fingerprint density at radius 2 is 2.07 bits per heavy atom. The molecular weight excluding hydrogens is 370 g/mol. The minimum Gasteiger partial charge on any atom is -0.481 e. The van der Waals surface area contributed by atoms with Gasteiger partial charge in [-0.25, -0.2) is 10.8 Å². The third-order valence-electron chi connectivity index (χ3n) is 3.41. The molecule has 2 aromatic rings. The number of hydrogen-bond acceptors (Lipinski definition) is 6. The van der Waals surface area contributed by atoms with Gasteiger partial charge in [0.05, 0.1) is 24.7 Å². The smallest absolute Gasteiger partial charge is 0.305 e. The molecule has 0 aliphatic rings. The quantitative estimate of drug-likeness (QED) is 0.187. The number of carbonyl (C=O) groups excluding carboxylic acids is 2. The lowest BCUT2D eigenvalue weighted by atomic mass is 10.1. The van der Waals surface area contributed by atoms with Gasteiger partial charge in [-0.15, -0.1) is 11.3 Å². The van der Waals surface area contributed by atoms with E-state index in [-0.39, 0.29) is 13.0 Å². The lowest BCUT2D eigenvalue weighted by Gasteiger charge is -2.15. The summed E-state index contributed by atoms with van der Waals surface area (Å²) in [5, 5.41) is 15.9. The van der Waals surface area contributed by atoms with Crippen molar-refractivity contribution in [1.29, 1.82) is 0 Å². The van der Waals surface area contributed by atoms with E-state index < -0.39 is 23.8 Å². The summed E-state index contributed by atoms with van der Waals surface area (Å²) in [5.74, 6) is 3.14. The van der Waals surface area contributed by atoms with Crippen LogP contribution in [0.4, 0.5) is 5.69 Å². The van der Waals surface area contributed by atoms with Crippen LogP contribution in [0.5, 0.6) is 0 Å². The van der Waals surface area contributed by atoms with Crippen LogP contribution in [-0.4, -0.2) is 35.8 Å². The van der Waals surface area contributed by atoms with Gasteiger partial charge < -0.3 is 21.2 Å². The maximum absolute atomic E-state index is 12.2. The number of carbonyl (C=O) groups is 3. The molecule has 0 aliphatic heterocycles.